The highest BCUT2D eigenvalue weighted by molar-refractivity contribution is 7.91. The van der Waals surface area contributed by atoms with Crippen LogP contribution in [0, 0.1) is 0 Å². The van der Waals surface area contributed by atoms with E-state index in [9.17, 15) is 8.42 Å². The van der Waals surface area contributed by atoms with E-state index in [0.717, 1.165) is 16.9 Å². The molecule has 6 nitrogen and oxygen atoms in total. The molecule has 2 aliphatic rings. The maximum absolute atomic E-state index is 11.8. The average molecular weight is 306 g/mol. The van der Waals surface area contributed by atoms with E-state index in [4.69, 9.17) is 0 Å². The molecule has 1 atom stereocenters. The van der Waals surface area contributed by atoms with Gasteiger partial charge in [-0.3, -0.25) is 4.98 Å². The Labute approximate surface area is 123 Å². The van der Waals surface area contributed by atoms with Gasteiger partial charge in [-0.2, -0.15) is 0 Å². The summed E-state index contributed by atoms with van der Waals surface area (Å²) in [5.74, 6) is 1.43. The monoisotopic (exact) mass is 306 g/mol. The third-order valence-electron chi connectivity index (χ3n) is 4.21. The molecule has 7 heteroatoms. The van der Waals surface area contributed by atoms with E-state index in [1.807, 2.05) is 6.07 Å². The first-order valence-corrected chi connectivity index (χ1v) is 9.19. The highest BCUT2D eigenvalue weighted by atomic mass is 32.2. The zero-order valence-electron chi connectivity index (χ0n) is 11.7. The molecule has 1 aliphatic carbocycles. The lowest BCUT2D eigenvalue weighted by Gasteiger charge is -2.23. The van der Waals surface area contributed by atoms with Crippen molar-refractivity contribution in [1.82, 2.24) is 19.9 Å². The molecule has 3 heterocycles. The predicted molar refractivity (Wildman–Crippen MR) is 79.9 cm³/mol. The molecule has 1 unspecified atom stereocenters. The summed E-state index contributed by atoms with van der Waals surface area (Å²) in [4.78, 5) is 8.81. The lowest BCUT2D eigenvalue weighted by molar-refractivity contribution is 0.501. The molecule has 2 aromatic heterocycles. The van der Waals surface area contributed by atoms with Crippen LogP contribution < -0.4 is 5.32 Å². The van der Waals surface area contributed by atoms with Gasteiger partial charge in [0.1, 0.15) is 11.3 Å². The van der Waals surface area contributed by atoms with Crippen molar-refractivity contribution < 1.29 is 8.42 Å². The van der Waals surface area contributed by atoms with Crippen LogP contribution in [-0.4, -0.2) is 47.0 Å². The molecule has 21 heavy (non-hydrogen) atoms. The molecule has 1 saturated carbocycles. The Morgan fingerprint density at radius 3 is 3.00 bits per heavy atom. The molecule has 2 aromatic rings. The van der Waals surface area contributed by atoms with Crippen LogP contribution in [-0.2, 0) is 16.3 Å². The number of hydrogen-bond acceptors (Lipinski definition) is 5. The minimum Gasteiger partial charge on any atom is -0.325 e. The fourth-order valence-electron chi connectivity index (χ4n) is 3.10. The lowest BCUT2D eigenvalue weighted by Crippen LogP contribution is -2.46. The summed E-state index contributed by atoms with van der Waals surface area (Å²) in [5, 5.41) is 3.31. The first kappa shape index (κ1) is 13.2. The van der Waals surface area contributed by atoms with Crippen molar-refractivity contribution in [1.29, 1.82) is 0 Å². The van der Waals surface area contributed by atoms with Gasteiger partial charge < -0.3 is 9.88 Å². The number of nitrogens with zero attached hydrogens (tertiary/aromatic N) is 3. The van der Waals surface area contributed by atoms with Crippen molar-refractivity contribution >= 4 is 20.9 Å². The minimum absolute atomic E-state index is 0.0361. The van der Waals surface area contributed by atoms with Crippen molar-refractivity contribution in [3.8, 4) is 0 Å². The van der Waals surface area contributed by atoms with E-state index in [-0.39, 0.29) is 17.5 Å². The van der Waals surface area contributed by atoms with Crippen LogP contribution >= 0.6 is 0 Å². The molecule has 0 aromatic carbocycles. The number of imidazole rings is 1. The van der Waals surface area contributed by atoms with Gasteiger partial charge in [-0.05, 0) is 18.9 Å². The summed E-state index contributed by atoms with van der Waals surface area (Å²) >= 11 is 0. The number of nitrogens with one attached hydrogen (secondary N) is 1. The maximum Gasteiger partial charge on any atom is 0.153 e. The van der Waals surface area contributed by atoms with Gasteiger partial charge in [0.2, 0.25) is 0 Å². The first-order valence-electron chi connectivity index (χ1n) is 7.37. The highest BCUT2D eigenvalue weighted by Crippen LogP contribution is 2.38. The molecule has 1 N–H and O–H groups in total. The molecule has 0 radical (unpaired) electrons. The number of aromatic nitrogens is 3. The summed E-state index contributed by atoms with van der Waals surface area (Å²) < 4.78 is 25.8. The van der Waals surface area contributed by atoms with E-state index >= 15 is 0 Å². The minimum atomic E-state index is -2.91. The molecule has 2 fully saturated rings. The molecule has 0 bridgehead atoms. The van der Waals surface area contributed by atoms with Crippen LogP contribution in [0.15, 0.2) is 18.5 Å². The number of pyridine rings is 1. The Balaban J connectivity index is 1.68. The topological polar surface area (TPSA) is 76.9 Å². The Hall–Kier alpha value is -1.47. The van der Waals surface area contributed by atoms with E-state index < -0.39 is 9.84 Å². The average Bonchev–Trinajstić information content (AvgIpc) is 3.19. The van der Waals surface area contributed by atoms with Gasteiger partial charge >= 0.3 is 0 Å². The standard InChI is InChI=1S/C14H18N4O2S/c19-21(20)6-5-16-10(9-21)7-14-17-12-8-15-4-3-13(12)18(14)11-1-2-11/h3-4,8,10-11,16H,1-2,5-7,9H2. The lowest BCUT2D eigenvalue weighted by atomic mass is 10.2. The zero-order chi connectivity index (χ0) is 14.4. The SMILES string of the molecule is O=S1(=O)CCNC(Cc2nc3cnccc3n2C2CC2)C1. The number of fused-ring (bicyclic) bond motifs is 1. The molecule has 112 valence electrons. The van der Waals surface area contributed by atoms with Crippen molar-refractivity contribution in [3.63, 3.8) is 0 Å². The van der Waals surface area contributed by atoms with Gasteiger partial charge in [0.15, 0.2) is 9.84 Å². The smallest absolute Gasteiger partial charge is 0.153 e. The van der Waals surface area contributed by atoms with Crippen LogP contribution in [0.25, 0.3) is 11.0 Å². The number of sulfone groups is 1. The van der Waals surface area contributed by atoms with Crippen molar-refractivity contribution in [2.45, 2.75) is 31.3 Å². The van der Waals surface area contributed by atoms with Gasteiger partial charge in [0.05, 0.1) is 23.2 Å². The molecular formula is C14H18N4O2S. The van der Waals surface area contributed by atoms with Gasteiger partial charge in [-0.25, -0.2) is 13.4 Å². The normalized spacial score (nSPS) is 25.2. The summed E-state index contributed by atoms with van der Waals surface area (Å²) in [6.45, 7) is 0.540. The van der Waals surface area contributed by atoms with Gasteiger partial charge in [0.25, 0.3) is 0 Å². The Kier molecular flexibility index (Phi) is 3.00. The third kappa shape index (κ3) is 2.55. The van der Waals surface area contributed by atoms with E-state index in [2.05, 4.69) is 19.9 Å². The van der Waals surface area contributed by atoms with E-state index in [0.29, 0.717) is 19.0 Å². The Morgan fingerprint density at radius 1 is 1.38 bits per heavy atom. The quantitative estimate of drug-likeness (QED) is 0.903. The predicted octanol–water partition coefficient (Wildman–Crippen LogP) is 0.695. The van der Waals surface area contributed by atoms with Crippen LogP contribution in [0.3, 0.4) is 0 Å². The van der Waals surface area contributed by atoms with Gasteiger partial charge in [0, 0.05) is 31.2 Å². The van der Waals surface area contributed by atoms with Crippen LogP contribution in [0.2, 0.25) is 0 Å². The molecule has 4 rings (SSSR count). The fraction of sp³-hybridized carbons (Fsp3) is 0.571. The molecule has 0 amide bonds. The molecule has 1 aliphatic heterocycles. The fourth-order valence-corrected chi connectivity index (χ4v) is 4.55. The summed E-state index contributed by atoms with van der Waals surface area (Å²) in [6.07, 6.45) is 6.58. The Morgan fingerprint density at radius 2 is 2.24 bits per heavy atom. The van der Waals surface area contributed by atoms with E-state index in [1.165, 1.54) is 12.8 Å². The largest absolute Gasteiger partial charge is 0.325 e. The maximum atomic E-state index is 11.8. The zero-order valence-corrected chi connectivity index (χ0v) is 12.5. The van der Waals surface area contributed by atoms with Gasteiger partial charge in [-0.1, -0.05) is 0 Å². The van der Waals surface area contributed by atoms with E-state index in [1.54, 1.807) is 12.4 Å². The van der Waals surface area contributed by atoms with Crippen LogP contribution in [0.1, 0.15) is 24.7 Å². The van der Waals surface area contributed by atoms with Crippen molar-refractivity contribution in [2.75, 3.05) is 18.1 Å². The second-order valence-corrected chi connectivity index (χ2v) is 8.19. The molecule has 1 saturated heterocycles. The molecule has 0 spiro atoms. The summed E-state index contributed by atoms with van der Waals surface area (Å²) in [7, 11) is -2.91. The second kappa shape index (κ2) is 4.78. The van der Waals surface area contributed by atoms with Gasteiger partial charge in [-0.15, -0.1) is 0 Å². The third-order valence-corrected chi connectivity index (χ3v) is 5.94. The summed E-state index contributed by atoms with van der Waals surface area (Å²) in [6, 6.07) is 2.48. The van der Waals surface area contributed by atoms with Crippen LogP contribution in [0.5, 0.6) is 0 Å². The number of hydrogen-bond donors (Lipinski definition) is 1. The van der Waals surface area contributed by atoms with Crippen molar-refractivity contribution in [3.05, 3.63) is 24.3 Å². The highest BCUT2D eigenvalue weighted by Gasteiger charge is 2.31. The Bertz CT molecular complexity index is 779. The first-order chi connectivity index (χ1) is 10.1. The van der Waals surface area contributed by atoms with Crippen LogP contribution in [0.4, 0.5) is 0 Å². The summed E-state index contributed by atoms with van der Waals surface area (Å²) in [5.41, 5.74) is 2.01. The number of rotatable bonds is 3. The second-order valence-electron chi connectivity index (χ2n) is 5.96. The van der Waals surface area contributed by atoms with Crippen molar-refractivity contribution in [2.24, 2.45) is 0 Å². The molecular weight excluding hydrogens is 288 g/mol.